The van der Waals surface area contributed by atoms with Gasteiger partial charge < -0.3 is 14.6 Å². The van der Waals surface area contributed by atoms with Gasteiger partial charge in [-0.2, -0.15) is 0 Å². The SMILES string of the molecule is CCCCN(CCCC)CCc1c[nH]c2ccc(OC)cc12. The molecule has 0 aliphatic rings. The van der Waals surface area contributed by atoms with E-state index in [9.17, 15) is 0 Å². The molecule has 3 nitrogen and oxygen atoms in total. The maximum Gasteiger partial charge on any atom is 0.119 e. The Balaban J connectivity index is 2.01. The van der Waals surface area contributed by atoms with Gasteiger partial charge in [0.05, 0.1) is 7.11 Å². The molecule has 2 rings (SSSR count). The van der Waals surface area contributed by atoms with Crippen molar-refractivity contribution in [1.29, 1.82) is 0 Å². The van der Waals surface area contributed by atoms with Gasteiger partial charge in [-0.3, -0.25) is 0 Å². The molecule has 1 heterocycles. The number of methoxy groups -OCH3 is 1. The van der Waals surface area contributed by atoms with Gasteiger partial charge in [0, 0.05) is 23.6 Å². The minimum absolute atomic E-state index is 0.933. The third-order valence-corrected chi connectivity index (χ3v) is 4.33. The Morgan fingerprint density at radius 3 is 2.41 bits per heavy atom. The lowest BCUT2D eigenvalue weighted by atomic mass is 10.1. The van der Waals surface area contributed by atoms with Crippen LogP contribution in [0.15, 0.2) is 24.4 Å². The Hall–Kier alpha value is -1.48. The zero-order chi connectivity index (χ0) is 15.8. The van der Waals surface area contributed by atoms with Crippen molar-refractivity contribution in [3.05, 3.63) is 30.0 Å². The zero-order valence-electron chi connectivity index (χ0n) is 14.3. The zero-order valence-corrected chi connectivity index (χ0v) is 14.3. The van der Waals surface area contributed by atoms with Crippen LogP contribution >= 0.6 is 0 Å². The van der Waals surface area contributed by atoms with Gasteiger partial charge in [-0.25, -0.2) is 0 Å². The van der Waals surface area contributed by atoms with Crippen molar-refractivity contribution in [3.63, 3.8) is 0 Å². The van der Waals surface area contributed by atoms with Gasteiger partial charge in [0.1, 0.15) is 5.75 Å². The van der Waals surface area contributed by atoms with Crippen molar-refractivity contribution in [1.82, 2.24) is 9.88 Å². The number of H-pyrrole nitrogens is 1. The van der Waals surface area contributed by atoms with Crippen molar-refractivity contribution < 1.29 is 4.74 Å². The van der Waals surface area contributed by atoms with Crippen molar-refractivity contribution in [2.45, 2.75) is 46.0 Å². The fourth-order valence-corrected chi connectivity index (χ4v) is 2.87. The molecule has 1 aromatic heterocycles. The molecule has 0 saturated heterocycles. The number of aromatic nitrogens is 1. The van der Waals surface area contributed by atoms with E-state index >= 15 is 0 Å². The number of rotatable bonds is 10. The van der Waals surface area contributed by atoms with E-state index in [0.717, 1.165) is 18.7 Å². The van der Waals surface area contributed by atoms with E-state index in [1.54, 1.807) is 7.11 Å². The first kappa shape index (κ1) is 16.9. The van der Waals surface area contributed by atoms with Crippen molar-refractivity contribution in [2.24, 2.45) is 0 Å². The fourth-order valence-electron chi connectivity index (χ4n) is 2.87. The molecule has 1 N–H and O–H groups in total. The maximum absolute atomic E-state index is 5.35. The van der Waals surface area contributed by atoms with Crippen LogP contribution in [0.25, 0.3) is 10.9 Å². The highest BCUT2D eigenvalue weighted by Crippen LogP contribution is 2.24. The molecular formula is C19H30N2O. The maximum atomic E-state index is 5.35. The van der Waals surface area contributed by atoms with Crippen LogP contribution in [0.5, 0.6) is 5.75 Å². The summed E-state index contributed by atoms with van der Waals surface area (Å²) >= 11 is 0. The van der Waals surface area contributed by atoms with Crippen molar-refractivity contribution in [3.8, 4) is 5.75 Å². The third-order valence-electron chi connectivity index (χ3n) is 4.33. The minimum atomic E-state index is 0.933. The van der Waals surface area contributed by atoms with Crippen LogP contribution in [-0.4, -0.2) is 36.6 Å². The molecule has 0 spiro atoms. The molecule has 0 amide bonds. The lowest BCUT2D eigenvalue weighted by Gasteiger charge is -2.21. The van der Waals surface area contributed by atoms with Crippen LogP contribution in [0.3, 0.4) is 0 Å². The summed E-state index contributed by atoms with van der Waals surface area (Å²) in [6.07, 6.45) is 8.39. The number of unbranched alkanes of at least 4 members (excludes halogenated alkanes) is 2. The average molecular weight is 302 g/mol. The highest BCUT2D eigenvalue weighted by atomic mass is 16.5. The van der Waals surface area contributed by atoms with Gasteiger partial charge in [-0.15, -0.1) is 0 Å². The first-order valence-corrected chi connectivity index (χ1v) is 8.64. The lowest BCUT2D eigenvalue weighted by Crippen LogP contribution is -2.28. The molecule has 2 aromatic rings. The van der Waals surface area contributed by atoms with Crippen LogP contribution in [-0.2, 0) is 6.42 Å². The van der Waals surface area contributed by atoms with E-state index in [2.05, 4.69) is 42.1 Å². The van der Waals surface area contributed by atoms with Gasteiger partial charge in [-0.1, -0.05) is 26.7 Å². The summed E-state index contributed by atoms with van der Waals surface area (Å²) in [6.45, 7) is 8.13. The number of ether oxygens (including phenoxy) is 1. The second-order valence-corrected chi connectivity index (χ2v) is 6.02. The van der Waals surface area contributed by atoms with E-state index in [1.807, 2.05) is 6.07 Å². The van der Waals surface area contributed by atoms with Crippen LogP contribution in [0.1, 0.15) is 45.1 Å². The highest BCUT2D eigenvalue weighted by molar-refractivity contribution is 5.84. The first-order valence-electron chi connectivity index (χ1n) is 8.64. The Kier molecular flexibility index (Phi) is 6.78. The Morgan fingerprint density at radius 1 is 1.05 bits per heavy atom. The smallest absolute Gasteiger partial charge is 0.119 e. The van der Waals surface area contributed by atoms with E-state index in [4.69, 9.17) is 4.74 Å². The quantitative estimate of drug-likeness (QED) is 0.693. The molecule has 0 fully saturated rings. The van der Waals surface area contributed by atoms with Crippen LogP contribution in [0.2, 0.25) is 0 Å². The Morgan fingerprint density at radius 2 is 1.77 bits per heavy atom. The minimum Gasteiger partial charge on any atom is -0.497 e. The second kappa shape index (κ2) is 8.84. The normalized spacial score (nSPS) is 11.5. The standard InChI is InChI=1S/C19H30N2O/c1-4-6-11-21(12-7-5-2)13-10-16-15-20-19-9-8-17(22-3)14-18(16)19/h8-9,14-15,20H,4-7,10-13H2,1-3H3. The number of nitrogens with zero attached hydrogens (tertiary/aromatic N) is 1. The molecule has 3 heteroatoms. The summed E-state index contributed by atoms with van der Waals surface area (Å²) < 4.78 is 5.35. The van der Waals surface area contributed by atoms with E-state index in [-0.39, 0.29) is 0 Å². The predicted octanol–water partition coefficient (Wildman–Crippen LogP) is 4.62. The van der Waals surface area contributed by atoms with Crippen LogP contribution in [0, 0.1) is 0 Å². The number of hydrogen-bond donors (Lipinski definition) is 1. The molecule has 22 heavy (non-hydrogen) atoms. The molecular weight excluding hydrogens is 272 g/mol. The van der Waals surface area contributed by atoms with Crippen LogP contribution < -0.4 is 4.74 Å². The van der Waals surface area contributed by atoms with Gasteiger partial charge in [0.2, 0.25) is 0 Å². The number of benzene rings is 1. The summed E-state index contributed by atoms with van der Waals surface area (Å²) in [4.78, 5) is 5.99. The molecule has 0 bridgehead atoms. The average Bonchev–Trinajstić information content (AvgIpc) is 2.96. The van der Waals surface area contributed by atoms with Gasteiger partial charge in [0.15, 0.2) is 0 Å². The van der Waals surface area contributed by atoms with Gasteiger partial charge >= 0.3 is 0 Å². The molecule has 122 valence electrons. The second-order valence-electron chi connectivity index (χ2n) is 6.02. The van der Waals surface area contributed by atoms with E-state index in [1.165, 1.54) is 55.2 Å². The van der Waals surface area contributed by atoms with Crippen molar-refractivity contribution in [2.75, 3.05) is 26.7 Å². The molecule has 1 aromatic carbocycles. The molecule has 0 aliphatic carbocycles. The summed E-state index contributed by atoms with van der Waals surface area (Å²) in [5, 5.41) is 1.30. The fraction of sp³-hybridized carbons (Fsp3) is 0.579. The molecule has 0 unspecified atom stereocenters. The summed E-state index contributed by atoms with van der Waals surface area (Å²) in [7, 11) is 1.73. The number of aromatic amines is 1. The first-order chi connectivity index (χ1) is 10.8. The summed E-state index contributed by atoms with van der Waals surface area (Å²) in [5.41, 5.74) is 2.59. The number of fused-ring (bicyclic) bond motifs is 1. The molecule has 0 saturated carbocycles. The van der Waals surface area contributed by atoms with E-state index in [0.29, 0.717) is 0 Å². The molecule has 0 radical (unpaired) electrons. The van der Waals surface area contributed by atoms with Gasteiger partial charge in [-0.05, 0) is 56.1 Å². The summed E-state index contributed by atoms with van der Waals surface area (Å²) in [6, 6.07) is 6.25. The van der Waals surface area contributed by atoms with Crippen molar-refractivity contribution >= 4 is 10.9 Å². The monoisotopic (exact) mass is 302 g/mol. The highest BCUT2D eigenvalue weighted by Gasteiger charge is 2.08. The predicted molar refractivity (Wildman–Crippen MR) is 94.8 cm³/mol. The molecule has 0 aliphatic heterocycles. The number of nitrogens with one attached hydrogen (secondary N) is 1. The van der Waals surface area contributed by atoms with Gasteiger partial charge in [0.25, 0.3) is 0 Å². The van der Waals surface area contributed by atoms with E-state index < -0.39 is 0 Å². The Bertz CT molecular complexity index is 554. The third kappa shape index (κ3) is 4.51. The molecule has 0 atom stereocenters. The topological polar surface area (TPSA) is 28.3 Å². The lowest BCUT2D eigenvalue weighted by molar-refractivity contribution is 0.268. The Labute approximate surface area is 134 Å². The van der Waals surface area contributed by atoms with Crippen LogP contribution in [0.4, 0.5) is 0 Å². The largest absolute Gasteiger partial charge is 0.497 e. The number of hydrogen-bond acceptors (Lipinski definition) is 2. The summed E-state index contributed by atoms with van der Waals surface area (Å²) in [5.74, 6) is 0.933.